The summed E-state index contributed by atoms with van der Waals surface area (Å²) < 4.78 is 0. The maximum atomic E-state index is 11.9. The molecular weight excluding hydrogens is 264 g/mol. The van der Waals surface area contributed by atoms with E-state index in [1.54, 1.807) is 6.92 Å². The van der Waals surface area contributed by atoms with Crippen molar-refractivity contribution in [1.29, 1.82) is 0 Å². The summed E-state index contributed by atoms with van der Waals surface area (Å²) in [5.74, 6) is -0.00359. The number of amides is 1. The van der Waals surface area contributed by atoms with Gasteiger partial charge in [0.2, 0.25) is 0 Å². The molecule has 1 rings (SSSR count). The molecule has 0 aromatic carbocycles. The van der Waals surface area contributed by atoms with E-state index < -0.39 is 0 Å². The number of halogens is 1. The zero-order chi connectivity index (χ0) is 14.4. The highest BCUT2D eigenvalue weighted by molar-refractivity contribution is 6.21. The third kappa shape index (κ3) is 4.39. The quantitative estimate of drug-likeness (QED) is 0.788. The summed E-state index contributed by atoms with van der Waals surface area (Å²) >= 11 is 6.24. The molecule has 1 heterocycles. The van der Waals surface area contributed by atoms with Gasteiger partial charge in [0.25, 0.3) is 5.91 Å². The molecule has 0 fully saturated rings. The zero-order valence-electron chi connectivity index (χ0n) is 11.6. The third-order valence-corrected chi connectivity index (χ3v) is 3.83. The maximum absolute atomic E-state index is 11.9. The minimum absolute atomic E-state index is 0.108. The maximum Gasteiger partial charge on any atom is 0.256 e. The summed E-state index contributed by atoms with van der Waals surface area (Å²) in [4.78, 5) is 26.4. The summed E-state index contributed by atoms with van der Waals surface area (Å²) in [6.07, 6.45) is 3.39. The molecule has 0 radical (unpaired) electrons. The highest BCUT2D eigenvalue weighted by Crippen LogP contribution is 2.17. The second kappa shape index (κ2) is 7.34. The Labute approximate surface area is 118 Å². The second-order valence-electron chi connectivity index (χ2n) is 4.70. The Morgan fingerprint density at radius 3 is 2.58 bits per heavy atom. The minimum Gasteiger partial charge on any atom is -0.364 e. The second-order valence-corrected chi connectivity index (χ2v) is 5.26. The summed E-state index contributed by atoms with van der Waals surface area (Å²) in [6, 6.07) is 1.41. The van der Waals surface area contributed by atoms with Crippen LogP contribution >= 0.6 is 11.6 Å². The molecule has 1 aromatic rings. The molecule has 0 saturated carbocycles. The van der Waals surface area contributed by atoms with Crippen LogP contribution in [0, 0.1) is 12.8 Å². The number of H-pyrrole nitrogens is 1. The van der Waals surface area contributed by atoms with Crippen molar-refractivity contribution in [3.8, 4) is 0 Å². The fourth-order valence-electron chi connectivity index (χ4n) is 2.00. The Hall–Kier alpha value is -1.29. The number of hydrogen-bond donors (Lipinski definition) is 2. The fourth-order valence-corrected chi connectivity index (χ4v) is 2.44. The van der Waals surface area contributed by atoms with Crippen LogP contribution in [-0.2, 0) is 0 Å². The van der Waals surface area contributed by atoms with Gasteiger partial charge in [0.15, 0.2) is 5.43 Å². The van der Waals surface area contributed by atoms with Crippen molar-refractivity contribution in [1.82, 2.24) is 10.3 Å². The van der Waals surface area contributed by atoms with E-state index in [0.717, 1.165) is 18.5 Å². The number of aromatic nitrogens is 1. The van der Waals surface area contributed by atoms with Gasteiger partial charge in [-0.3, -0.25) is 9.59 Å². The van der Waals surface area contributed by atoms with Gasteiger partial charge in [-0.2, -0.15) is 0 Å². The van der Waals surface area contributed by atoms with Crippen LogP contribution in [0.3, 0.4) is 0 Å². The molecule has 0 spiro atoms. The molecule has 0 aliphatic rings. The lowest BCUT2D eigenvalue weighted by atomic mass is 9.99. The van der Waals surface area contributed by atoms with E-state index in [1.807, 2.05) is 0 Å². The number of rotatable bonds is 6. The normalized spacial score (nSPS) is 12.5. The minimum atomic E-state index is -0.377. The number of pyridine rings is 1. The summed E-state index contributed by atoms with van der Waals surface area (Å²) in [5.41, 5.74) is 0.579. The molecule has 0 saturated heterocycles. The van der Waals surface area contributed by atoms with Crippen LogP contribution in [0.15, 0.2) is 17.1 Å². The van der Waals surface area contributed by atoms with E-state index >= 15 is 0 Å². The summed E-state index contributed by atoms with van der Waals surface area (Å²) in [7, 11) is 0. The molecule has 1 atom stereocenters. The number of carbonyl (C=O) groups excluding carboxylic acids is 1. The van der Waals surface area contributed by atoms with Crippen molar-refractivity contribution in [2.24, 2.45) is 5.92 Å². The van der Waals surface area contributed by atoms with Crippen molar-refractivity contribution >= 4 is 17.5 Å². The average Bonchev–Trinajstić information content (AvgIpc) is 2.37. The largest absolute Gasteiger partial charge is 0.364 e. The molecular formula is C14H21ClN2O2. The smallest absolute Gasteiger partial charge is 0.256 e. The Morgan fingerprint density at radius 2 is 2.05 bits per heavy atom. The first-order valence-electron chi connectivity index (χ1n) is 6.61. The van der Waals surface area contributed by atoms with Gasteiger partial charge in [-0.25, -0.2) is 0 Å². The molecule has 0 bridgehead atoms. The number of aromatic amines is 1. The predicted octanol–water partition coefficient (Wildman–Crippen LogP) is 2.46. The molecule has 106 valence electrons. The number of nitrogens with one attached hydrogen (secondary N) is 2. The zero-order valence-corrected chi connectivity index (χ0v) is 12.4. The van der Waals surface area contributed by atoms with E-state index in [-0.39, 0.29) is 22.3 Å². The number of carbonyl (C=O) groups is 1. The average molecular weight is 285 g/mol. The molecule has 0 aliphatic carbocycles. The Morgan fingerprint density at radius 1 is 1.42 bits per heavy atom. The van der Waals surface area contributed by atoms with Gasteiger partial charge in [0.05, 0.1) is 5.38 Å². The van der Waals surface area contributed by atoms with E-state index in [1.165, 1.54) is 12.3 Å². The lowest BCUT2D eigenvalue weighted by Crippen LogP contribution is -2.35. The van der Waals surface area contributed by atoms with E-state index in [0.29, 0.717) is 12.5 Å². The lowest BCUT2D eigenvalue weighted by Gasteiger charge is -2.19. The van der Waals surface area contributed by atoms with Gasteiger partial charge in [-0.05, 0) is 12.8 Å². The van der Waals surface area contributed by atoms with Crippen LogP contribution in [0.5, 0.6) is 0 Å². The highest BCUT2D eigenvalue weighted by atomic mass is 35.5. The summed E-state index contributed by atoms with van der Waals surface area (Å²) in [5, 5.41) is 2.61. The monoisotopic (exact) mass is 284 g/mol. The molecule has 1 unspecified atom stereocenters. The van der Waals surface area contributed by atoms with Gasteiger partial charge in [0, 0.05) is 24.5 Å². The highest BCUT2D eigenvalue weighted by Gasteiger charge is 2.17. The number of hydrogen-bond acceptors (Lipinski definition) is 2. The third-order valence-electron chi connectivity index (χ3n) is 3.32. The molecule has 1 amide bonds. The van der Waals surface area contributed by atoms with Crippen LogP contribution in [0.4, 0.5) is 0 Å². The van der Waals surface area contributed by atoms with Gasteiger partial charge in [0.1, 0.15) is 5.56 Å². The predicted molar refractivity (Wildman–Crippen MR) is 77.8 cm³/mol. The molecule has 1 aromatic heterocycles. The molecule has 4 nitrogen and oxygen atoms in total. The van der Waals surface area contributed by atoms with Gasteiger partial charge in [-0.15, -0.1) is 11.6 Å². The lowest BCUT2D eigenvalue weighted by molar-refractivity contribution is 0.0950. The Bertz CT molecular complexity index is 481. The number of aryl methyl sites for hydroxylation is 1. The topological polar surface area (TPSA) is 62.0 Å². The standard InChI is InChI=1S/C14H21ClN2O2/c1-4-10(5-2)12(15)8-17-14(19)11-7-16-9(3)6-13(11)18/h6-7,10,12H,4-5,8H2,1-3H3,(H,16,18)(H,17,19). The molecule has 2 N–H and O–H groups in total. The Kier molecular flexibility index (Phi) is 6.09. The number of alkyl halides is 1. The van der Waals surface area contributed by atoms with Crippen LogP contribution in [-0.4, -0.2) is 22.8 Å². The van der Waals surface area contributed by atoms with Crippen molar-refractivity contribution < 1.29 is 4.79 Å². The van der Waals surface area contributed by atoms with E-state index in [9.17, 15) is 9.59 Å². The first kappa shape index (κ1) is 15.8. The van der Waals surface area contributed by atoms with Crippen molar-refractivity contribution in [2.45, 2.75) is 39.0 Å². The first-order valence-corrected chi connectivity index (χ1v) is 7.04. The fraction of sp³-hybridized carbons (Fsp3) is 0.571. The van der Waals surface area contributed by atoms with Crippen LogP contribution < -0.4 is 10.7 Å². The SMILES string of the molecule is CCC(CC)C(Cl)CNC(=O)c1c[nH]c(C)cc1=O. The van der Waals surface area contributed by atoms with Gasteiger partial charge < -0.3 is 10.3 Å². The molecule has 0 aliphatic heterocycles. The van der Waals surface area contributed by atoms with Crippen LogP contribution in [0.25, 0.3) is 0 Å². The van der Waals surface area contributed by atoms with Crippen LogP contribution in [0.2, 0.25) is 0 Å². The van der Waals surface area contributed by atoms with Gasteiger partial charge >= 0.3 is 0 Å². The first-order chi connectivity index (χ1) is 8.99. The van der Waals surface area contributed by atoms with Crippen molar-refractivity contribution in [3.05, 3.63) is 33.7 Å². The van der Waals surface area contributed by atoms with E-state index in [4.69, 9.17) is 11.6 Å². The van der Waals surface area contributed by atoms with Crippen LogP contribution in [0.1, 0.15) is 42.7 Å². The van der Waals surface area contributed by atoms with Gasteiger partial charge in [-0.1, -0.05) is 26.7 Å². The molecule has 5 heteroatoms. The molecule has 19 heavy (non-hydrogen) atoms. The van der Waals surface area contributed by atoms with Crippen molar-refractivity contribution in [2.75, 3.05) is 6.54 Å². The van der Waals surface area contributed by atoms with Crippen molar-refractivity contribution in [3.63, 3.8) is 0 Å². The van der Waals surface area contributed by atoms with E-state index in [2.05, 4.69) is 24.1 Å². The Balaban J connectivity index is 2.63. The summed E-state index contributed by atoms with van der Waals surface area (Å²) in [6.45, 7) is 6.30.